The van der Waals surface area contributed by atoms with Crippen LogP contribution in [0.5, 0.6) is 0 Å². The Kier molecular flexibility index (Phi) is 6.02. The molecule has 0 bridgehead atoms. The van der Waals surface area contributed by atoms with E-state index < -0.39 is 5.60 Å². The maximum atomic E-state index is 12.4. The van der Waals surface area contributed by atoms with E-state index in [1.54, 1.807) is 0 Å². The van der Waals surface area contributed by atoms with Gasteiger partial charge in [-0.05, 0) is 57.2 Å². The van der Waals surface area contributed by atoms with Crippen LogP contribution in [0.3, 0.4) is 0 Å². The maximum absolute atomic E-state index is 12.4. The molecule has 1 amide bonds. The van der Waals surface area contributed by atoms with Gasteiger partial charge in [0.15, 0.2) is 0 Å². The van der Waals surface area contributed by atoms with Crippen molar-refractivity contribution >= 4 is 11.8 Å². The number of piperazine rings is 1. The van der Waals surface area contributed by atoms with Gasteiger partial charge in [-0.25, -0.2) is 4.79 Å². The number of rotatable bonds is 2. The van der Waals surface area contributed by atoms with E-state index in [0.717, 1.165) is 52.2 Å². The standard InChI is InChI=1S/C23H35N3O3/c1-23(2,3)29-22(27)26-11-9-25(10-12-26)21-6-4-5-18-7-8-19(17-20(18)21)24-13-15-28-16-14-24/h4-6,19H,7-17H2,1-3H3. The van der Waals surface area contributed by atoms with Crippen LogP contribution in [0, 0.1) is 0 Å². The topological polar surface area (TPSA) is 45.2 Å². The molecule has 1 aliphatic carbocycles. The molecular formula is C23H35N3O3. The van der Waals surface area contributed by atoms with Crippen LogP contribution in [0.1, 0.15) is 38.3 Å². The fourth-order valence-corrected chi connectivity index (χ4v) is 4.76. The first-order valence-electron chi connectivity index (χ1n) is 11.1. The van der Waals surface area contributed by atoms with E-state index in [2.05, 4.69) is 28.0 Å². The van der Waals surface area contributed by atoms with E-state index >= 15 is 0 Å². The lowest BCUT2D eigenvalue weighted by Crippen LogP contribution is -2.50. The van der Waals surface area contributed by atoms with Crippen molar-refractivity contribution in [3.8, 4) is 0 Å². The number of fused-ring (bicyclic) bond motifs is 1. The summed E-state index contributed by atoms with van der Waals surface area (Å²) in [6, 6.07) is 7.38. The molecule has 29 heavy (non-hydrogen) atoms. The predicted molar refractivity (Wildman–Crippen MR) is 115 cm³/mol. The zero-order chi connectivity index (χ0) is 20.4. The number of nitrogens with zero attached hydrogens (tertiary/aromatic N) is 3. The number of benzene rings is 1. The van der Waals surface area contributed by atoms with Gasteiger partial charge in [-0.3, -0.25) is 4.90 Å². The molecule has 1 unspecified atom stereocenters. The fourth-order valence-electron chi connectivity index (χ4n) is 4.76. The molecule has 6 heteroatoms. The molecule has 2 heterocycles. The van der Waals surface area contributed by atoms with Crippen LogP contribution >= 0.6 is 0 Å². The zero-order valence-electron chi connectivity index (χ0n) is 18.2. The monoisotopic (exact) mass is 401 g/mol. The minimum atomic E-state index is -0.443. The van der Waals surface area contributed by atoms with Crippen molar-refractivity contribution in [2.45, 2.75) is 51.7 Å². The number of ether oxygens (including phenoxy) is 2. The van der Waals surface area contributed by atoms with E-state index in [1.165, 1.54) is 23.2 Å². The van der Waals surface area contributed by atoms with Gasteiger partial charge in [-0.1, -0.05) is 12.1 Å². The average Bonchev–Trinajstić information content (AvgIpc) is 2.72. The third-order valence-electron chi connectivity index (χ3n) is 6.27. The Hall–Kier alpha value is -1.79. The summed E-state index contributed by atoms with van der Waals surface area (Å²) in [5.74, 6) is 0. The molecule has 0 saturated carbocycles. The lowest BCUT2D eigenvalue weighted by molar-refractivity contribution is 0.0137. The van der Waals surface area contributed by atoms with Crippen molar-refractivity contribution in [2.75, 3.05) is 57.4 Å². The van der Waals surface area contributed by atoms with Crippen LogP contribution in [-0.4, -0.2) is 80.0 Å². The van der Waals surface area contributed by atoms with Crippen LogP contribution in [0.25, 0.3) is 0 Å². The number of hydrogen-bond acceptors (Lipinski definition) is 5. The van der Waals surface area contributed by atoms with Gasteiger partial charge in [-0.2, -0.15) is 0 Å². The molecule has 0 radical (unpaired) electrons. The Morgan fingerprint density at radius 2 is 1.79 bits per heavy atom. The molecule has 2 fully saturated rings. The van der Waals surface area contributed by atoms with Crippen LogP contribution in [0.15, 0.2) is 18.2 Å². The number of hydrogen-bond donors (Lipinski definition) is 0. The number of aryl methyl sites for hydroxylation is 1. The number of morpholine rings is 1. The summed E-state index contributed by atoms with van der Waals surface area (Å²) in [5.41, 5.74) is 3.94. The second-order valence-corrected chi connectivity index (χ2v) is 9.41. The van der Waals surface area contributed by atoms with E-state index in [1.807, 2.05) is 25.7 Å². The SMILES string of the molecule is CC(C)(C)OC(=O)N1CCN(c2cccc3c2CC(N2CCOCC2)CC3)CC1. The van der Waals surface area contributed by atoms with E-state index in [4.69, 9.17) is 9.47 Å². The first kappa shape index (κ1) is 20.5. The lowest BCUT2D eigenvalue weighted by atomic mass is 9.85. The van der Waals surface area contributed by atoms with Crippen molar-refractivity contribution < 1.29 is 14.3 Å². The Morgan fingerprint density at radius 1 is 1.07 bits per heavy atom. The highest BCUT2D eigenvalue weighted by atomic mass is 16.6. The van der Waals surface area contributed by atoms with Gasteiger partial charge < -0.3 is 19.3 Å². The fraction of sp³-hybridized carbons (Fsp3) is 0.696. The maximum Gasteiger partial charge on any atom is 0.410 e. The molecule has 0 N–H and O–H groups in total. The third kappa shape index (κ3) is 4.86. The summed E-state index contributed by atoms with van der Waals surface area (Å²) in [7, 11) is 0. The molecule has 4 rings (SSSR count). The van der Waals surface area contributed by atoms with Crippen molar-refractivity contribution in [2.24, 2.45) is 0 Å². The summed E-state index contributed by atoms with van der Waals surface area (Å²) in [5, 5.41) is 0. The van der Waals surface area contributed by atoms with Gasteiger partial charge in [0, 0.05) is 51.0 Å². The zero-order valence-corrected chi connectivity index (χ0v) is 18.2. The Morgan fingerprint density at radius 3 is 2.48 bits per heavy atom. The van der Waals surface area contributed by atoms with Gasteiger partial charge >= 0.3 is 6.09 Å². The molecule has 1 aromatic rings. The Labute approximate surface area is 174 Å². The van der Waals surface area contributed by atoms with E-state index in [9.17, 15) is 4.79 Å². The molecule has 3 aliphatic rings. The summed E-state index contributed by atoms with van der Waals surface area (Å²) < 4.78 is 11.1. The van der Waals surface area contributed by atoms with Crippen molar-refractivity contribution in [3.05, 3.63) is 29.3 Å². The molecule has 1 atom stereocenters. The van der Waals surface area contributed by atoms with Crippen molar-refractivity contribution in [1.29, 1.82) is 0 Å². The van der Waals surface area contributed by atoms with Crippen LogP contribution in [-0.2, 0) is 22.3 Å². The molecule has 2 saturated heterocycles. The molecule has 160 valence electrons. The van der Waals surface area contributed by atoms with Gasteiger partial charge in [0.25, 0.3) is 0 Å². The predicted octanol–water partition coefficient (Wildman–Crippen LogP) is 2.93. The second-order valence-electron chi connectivity index (χ2n) is 9.41. The third-order valence-corrected chi connectivity index (χ3v) is 6.27. The highest BCUT2D eigenvalue weighted by Gasteiger charge is 2.30. The normalized spacial score (nSPS) is 23.6. The summed E-state index contributed by atoms with van der Waals surface area (Å²) >= 11 is 0. The smallest absolute Gasteiger partial charge is 0.410 e. The first-order chi connectivity index (χ1) is 13.9. The largest absolute Gasteiger partial charge is 0.444 e. The van der Waals surface area contributed by atoms with Gasteiger partial charge in [0.2, 0.25) is 0 Å². The van der Waals surface area contributed by atoms with E-state index in [0.29, 0.717) is 19.1 Å². The molecule has 1 aromatic carbocycles. The molecule has 0 spiro atoms. The quantitative estimate of drug-likeness (QED) is 0.763. The van der Waals surface area contributed by atoms with Crippen LogP contribution in [0.2, 0.25) is 0 Å². The van der Waals surface area contributed by atoms with Crippen molar-refractivity contribution in [3.63, 3.8) is 0 Å². The Bertz CT molecular complexity index is 717. The van der Waals surface area contributed by atoms with Crippen LogP contribution < -0.4 is 4.90 Å². The summed E-state index contributed by atoms with van der Waals surface area (Å²) in [4.78, 5) is 19.3. The van der Waals surface area contributed by atoms with Crippen molar-refractivity contribution in [1.82, 2.24) is 9.80 Å². The first-order valence-corrected chi connectivity index (χ1v) is 11.1. The number of carbonyl (C=O) groups excluding carboxylic acids is 1. The number of carbonyl (C=O) groups is 1. The minimum Gasteiger partial charge on any atom is -0.444 e. The number of amides is 1. The molecule has 6 nitrogen and oxygen atoms in total. The van der Waals surface area contributed by atoms with Gasteiger partial charge in [0.1, 0.15) is 5.60 Å². The Balaban J connectivity index is 1.42. The molecule has 0 aromatic heterocycles. The minimum absolute atomic E-state index is 0.195. The highest BCUT2D eigenvalue weighted by molar-refractivity contribution is 5.69. The highest BCUT2D eigenvalue weighted by Crippen LogP contribution is 2.33. The van der Waals surface area contributed by atoms with Gasteiger partial charge in [-0.15, -0.1) is 0 Å². The molecule has 2 aliphatic heterocycles. The number of anilines is 1. The van der Waals surface area contributed by atoms with Gasteiger partial charge in [0.05, 0.1) is 13.2 Å². The average molecular weight is 402 g/mol. The second kappa shape index (κ2) is 8.52. The van der Waals surface area contributed by atoms with Crippen LogP contribution in [0.4, 0.5) is 10.5 Å². The lowest BCUT2D eigenvalue weighted by Gasteiger charge is -2.41. The summed E-state index contributed by atoms with van der Waals surface area (Å²) in [6.07, 6.45) is 3.32. The summed E-state index contributed by atoms with van der Waals surface area (Å²) in [6.45, 7) is 12.7. The molecular weight excluding hydrogens is 366 g/mol. The van der Waals surface area contributed by atoms with E-state index in [-0.39, 0.29) is 6.09 Å².